The first kappa shape index (κ1) is 14.5. The third kappa shape index (κ3) is 3.36. The third-order valence-corrected chi connectivity index (χ3v) is 3.01. The molecule has 0 amide bonds. The van der Waals surface area contributed by atoms with E-state index in [4.69, 9.17) is 9.47 Å². The highest BCUT2D eigenvalue weighted by molar-refractivity contribution is 9.10. The van der Waals surface area contributed by atoms with E-state index in [1.54, 1.807) is 25.3 Å². The summed E-state index contributed by atoms with van der Waals surface area (Å²) in [7, 11) is 1.56. The van der Waals surface area contributed by atoms with E-state index in [0.29, 0.717) is 28.5 Å². The maximum absolute atomic E-state index is 13.7. The molecule has 20 heavy (non-hydrogen) atoms. The van der Waals surface area contributed by atoms with Crippen molar-refractivity contribution >= 4 is 21.9 Å². The lowest BCUT2D eigenvalue weighted by Gasteiger charge is -2.10. The predicted octanol–water partition coefficient (Wildman–Crippen LogP) is 3.61. The van der Waals surface area contributed by atoms with Crippen molar-refractivity contribution < 1.29 is 13.9 Å². The molecule has 0 fully saturated rings. The van der Waals surface area contributed by atoms with Crippen LogP contribution in [-0.2, 0) is 0 Å². The average molecular weight is 342 g/mol. The molecule has 7 heteroatoms. The summed E-state index contributed by atoms with van der Waals surface area (Å²) < 4.78 is 24.8. The van der Waals surface area contributed by atoms with E-state index in [0.717, 1.165) is 6.20 Å². The summed E-state index contributed by atoms with van der Waals surface area (Å²) in [6, 6.07) is 5.10. The van der Waals surface area contributed by atoms with Gasteiger partial charge in [-0.1, -0.05) is 0 Å². The Morgan fingerprint density at radius 3 is 2.85 bits per heavy atom. The molecule has 0 aliphatic rings. The molecule has 1 N–H and O–H groups in total. The first-order valence-corrected chi connectivity index (χ1v) is 6.71. The molecule has 5 nitrogen and oxygen atoms in total. The van der Waals surface area contributed by atoms with Crippen LogP contribution in [0.15, 0.2) is 28.9 Å². The summed E-state index contributed by atoms with van der Waals surface area (Å²) in [4.78, 5) is 7.78. The van der Waals surface area contributed by atoms with Crippen LogP contribution in [0.1, 0.15) is 6.92 Å². The van der Waals surface area contributed by atoms with E-state index in [9.17, 15) is 4.39 Å². The molecule has 1 aromatic carbocycles. The number of nitrogens with one attached hydrogen (secondary N) is 1. The van der Waals surface area contributed by atoms with Crippen molar-refractivity contribution in [3.8, 4) is 17.4 Å². The molecular weight excluding hydrogens is 329 g/mol. The Labute approximate surface area is 124 Å². The van der Waals surface area contributed by atoms with Crippen LogP contribution in [0.3, 0.4) is 0 Å². The van der Waals surface area contributed by atoms with Gasteiger partial charge in [-0.2, -0.15) is 9.37 Å². The summed E-state index contributed by atoms with van der Waals surface area (Å²) >= 11 is 3.33. The molecule has 0 unspecified atom stereocenters. The van der Waals surface area contributed by atoms with Gasteiger partial charge < -0.3 is 14.8 Å². The molecule has 2 rings (SSSR count). The van der Waals surface area contributed by atoms with Crippen LogP contribution >= 0.6 is 15.9 Å². The molecule has 0 atom stereocenters. The largest absolute Gasteiger partial charge is 0.497 e. The number of benzene rings is 1. The summed E-state index contributed by atoms with van der Waals surface area (Å²) in [6.45, 7) is 2.53. The maximum atomic E-state index is 13.7. The first-order chi connectivity index (χ1) is 9.63. The molecule has 0 aliphatic carbocycles. The van der Waals surface area contributed by atoms with Crippen LogP contribution in [0.25, 0.3) is 0 Å². The third-order valence-electron chi connectivity index (χ3n) is 2.39. The lowest BCUT2D eigenvalue weighted by Crippen LogP contribution is -2.04. The fourth-order valence-corrected chi connectivity index (χ4v) is 1.90. The Balaban J connectivity index is 2.27. The van der Waals surface area contributed by atoms with Crippen LogP contribution < -0.4 is 14.8 Å². The van der Waals surface area contributed by atoms with Gasteiger partial charge in [-0.15, -0.1) is 0 Å². The molecule has 106 valence electrons. The second-order valence-corrected chi connectivity index (χ2v) is 4.63. The zero-order valence-corrected chi connectivity index (χ0v) is 12.6. The molecule has 0 saturated carbocycles. The quantitative estimate of drug-likeness (QED) is 0.900. The number of methoxy groups -OCH3 is 1. The van der Waals surface area contributed by atoms with E-state index < -0.39 is 5.82 Å². The van der Waals surface area contributed by atoms with Crippen molar-refractivity contribution in [2.45, 2.75) is 6.92 Å². The SMILES string of the molecule is CCNc1ncc(F)c(Oc2ccc(OC)cc2Br)n1. The van der Waals surface area contributed by atoms with Gasteiger partial charge in [0.1, 0.15) is 11.5 Å². The van der Waals surface area contributed by atoms with Crippen molar-refractivity contribution in [3.63, 3.8) is 0 Å². The predicted molar refractivity (Wildman–Crippen MR) is 76.9 cm³/mol. The Kier molecular flexibility index (Phi) is 4.73. The highest BCUT2D eigenvalue weighted by atomic mass is 79.9. The standard InChI is InChI=1S/C13H13BrFN3O2/c1-3-16-13-17-7-10(15)12(18-13)20-11-5-4-8(19-2)6-9(11)14/h4-7H,3H2,1-2H3,(H,16,17,18). The normalized spacial score (nSPS) is 10.2. The zero-order chi connectivity index (χ0) is 14.5. The lowest BCUT2D eigenvalue weighted by atomic mass is 10.3. The number of rotatable bonds is 5. The Morgan fingerprint density at radius 1 is 1.40 bits per heavy atom. The summed E-state index contributed by atoms with van der Waals surface area (Å²) in [5.74, 6) is 0.649. The van der Waals surface area contributed by atoms with Crippen molar-refractivity contribution in [2.24, 2.45) is 0 Å². The minimum Gasteiger partial charge on any atom is -0.497 e. The molecule has 0 spiro atoms. The van der Waals surface area contributed by atoms with Gasteiger partial charge in [-0.3, -0.25) is 0 Å². The molecule has 0 radical (unpaired) electrons. The average Bonchev–Trinajstić information content (AvgIpc) is 2.44. The molecule has 0 saturated heterocycles. The lowest BCUT2D eigenvalue weighted by molar-refractivity contribution is 0.405. The zero-order valence-electron chi connectivity index (χ0n) is 11.0. The molecule has 1 aromatic heterocycles. The smallest absolute Gasteiger partial charge is 0.260 e. The van der Waals surface area contributed by atoms with E-state index >= 15 is 0 Å². The molecule has 0 aliphatic heterocycles. The Morgan fingerprint density at radius 2 is 2.20 bits per heavy atom. The van der Waals surface area contributed by atoms with Gasteiger partial charge in [0.25, 0.3) is 5.88 Å². The van der Waals surface area contributed by atoms with Crippen LogP contribution in [0.4, 0.5) is 10.3 Å². The Hall–Kier alpha value is -1.89. The number of hydrogen-bond acceptors (Lipinski definition) is 5. The van der Waals surface area contributed by atoms with Gasteiger partial charge in [0, 0.05) is 6.54 Å². The molecule has 0 bridgehead atoms. The van der Waals surface area contributed by atoms with Crippen LogP contribution in [0, 0.1) is 5.82 Å². The minimum absolute atomic E-state index is 0.137. The van der Waals surface area contributed by atoms with Crippen molar-refractivity contribution in [3.05, 3.63) is 34.7 Å². The summed E-state index contributed by atoms with van der Waals surface area (Å²) in [6.07, 6.45) is 1.07. The molecule has 1 heterocycles. The van der Waals surface area contributed by atoms with Gasteiger partial charge in [-0.25, -0.2) is 4.98 Å². The van der Waals surface area contributed by atoms with E-state index in [2.05, 4.69) is 31.2 Å². The van der Waals surface area contributed by atoms with Crippen LogP contribution in [-0.4, -0.2) is 23.6 Å². The van der Waals surface area contributed by atoms with E-state index in [-0.39, 0.29) is 5.88 Å². The second-order valence-electron chi connectivity index (χ2n) is 3.78. The van der Waals surface area contributed by atoms with Gasteiger partial charge in [0.15, 0.2) is 0 Å². The fraction of sp³-hybridized carbons (Fsp3) is 0.231. The van der Waals surface area contributed by atoms with Crippen molar-refractivity contribution in [1.29, 1.82) is 0 Å². The number of halogens is 2. The molecule has 2 aromatic rings. The highest BCUT2D eigenvalue weighted by Crippen LogP contribution is 2.33. The Bertz CT molecular complexity index is 610. The minimum atomic E-state index is -0.630. The second kappa shape index (κ2) is 6.51. The highest BCUT2D eigenvalue weighted by Gasteiger charge is 2.11. The van der Waals surface area contributed by atoms with Gasteiger partial charge in [0.05, 0.1) is 17.8 Å². The summed E-state index contributed by atoms with van der Waals surface area (Å²) in [5.41, 5.74) is 0. The number of nitrogens with zero attached hydrogens (tertiary/aromatic N) is 2. The van der Waals surface area contributed by atoms with Crippen molar-refractivity contribution in [2.75, 3.05) is 19.0 Å². The van der Waals surface area contributed by atoms with E-state index in [1.165, 1.54) is 0 Å². The monoisotopic (exact) mass is 341 g/mol. The van der Waals surface area contributed by atoms with Gasteiger partial charge in [0.2, 0.25) is 11.8 Å². The van der Waals surface area contributed by atoms with Crippen LogP contribution in [0.5, 0.6) is 17.4 Å². The number of aromatic nitrogens is 2. The fourth-order valence-electron chi connectivity index (χ4n) is 1.46. The first-order valence-electron chi connectivity index (χ1n) is 5.91. The number of anilines is 1. The molecular formula is C13H13BrFN3O2. The van der Waals surface area contributed by atoms with E-state index in [1.807, 2.05) is 6.92 Å². The van der Waals surface area contributed by atoms with Crippen molar-refractivity contribution in [1.82, 2.24) is 9.97 Å². The topological polar surface area (TPSA) is 56.3 Å². The maximum Gasteiger partial charge on any atom is 0.260 e. The van der Waals surface area contributed by atoms with Gasteiger partial charge >= 0.3 is 0 Å². The van der Waals surface area contributed by atoms with Crippen LogP contribution in [0.2, 0.25) is 0 Å². The summed E-state index contributed by atoms with van der Waals surface area (Å²) in [5, 5.41) is 2.89. The number of ether oxygens (including phenoxy) is 2. The number of hydrogen-bond donors (Lipinski definition) is 1. The van der Waals surface area contributed by atoms with Gasteiger partial charge in [-0.05, 0) is 41.1 Å².